The molecular formula is C19H19N5O2S2. The quantitative estimate of drug-likeness (QED) is 0.703. The van der Waals surface area contributed by atoms with Crippen molar-refractivity contribution in [3.05, 3.63) is 40.0 Å². The SMILES string of the molecule is Cc1nc(C)c(-c2csc(Nc3ccc(C(=O)N4C[C@H]5C[C@@H](C4)O5)cn3)n2)s1. The number of amides is 1. The topological polar surface area (TPSA) is 80.2 Å². The Hall–Kier alpha value is -2.36. The van der Waals surface area contributed by atoms with E-state index in [9.17, 15) is 4.79 Å². The van der Waals surface area contributed by atoms with Crippen LogP contribution in [0.4, 0.5) is 10.9 Å². The molecule has 0 aromatic carbocycles. The fourth-order valence-electron chi connectivity index (χ4n) is 3.61. The highest BCUT2D eigenvalue weighted by Crippen LogP contribution is 2.33. The first-order valence-electron chi connectivity index (χ1n) is 9.13. The molecule has 3 aromatic heterocycles. The van der Waals surface area contributed by atoms with Crippen molar-refractivity contribution >= 4 is 39.5 Å². The van der Waals surface area contributed by atoms with Crippen LogP contribution in [0.1, 0.15) is 27.5 Å². The summed E-state index contributed by atoms with van der Waals surface area (Å²) in [6, 6.07) is 3.63. The number of pyridine rings is 1. The molecule has 3 saturated heterocycles. The Kier molecular flexibility index (Phi) is 4.37. The molecule has 9 heteroatoms. The molecule has 6 rings (SSSR count). The van der Waals surface area contributed by atoms with Gasteiger partial charge in [-0.05, 0) is 26.0 Å². The summed E-state index contributed by atoms with van der Waals surface area (Å²) in [6.45, 7) is 5.35. The fraction of sp³-hybridized carbons (Fsp3) is 0.368. The summed E-state index contributed by atoms with van der Waals surface area (Å²) in [6.07, 6.45) is 3.11. The molecule has 144 valence electrons. The summed E-state index contributed by atoms with van der Waals surface area (Å²) in [5.74, 6) is 0.684. The number of thiazole rings is 2. The summed E-state index contributed by atoms with van der Waals surface area (Å²) in [4.78, 5) is 29.1. The number of fused-ring (bicyclic) bond motifs is 2. The van der Waals surface area contributed by atoms with Gasteiger partial charge in [-0.25, -0.2) is 15.0 Å². The lowest BCUT2D eigenvalue weighted by Gasteiger charge is -2.46. The molecule has 2 bridgehead atoms. The standard InChI is InChI=1S/C19H19N5O2S2/c1-10-17(28-11(2)21-10)15-9-27-19(22-15)23-16-4-3-12(6-20-16)18(25)24-7-13-5-14(8-24)26-13/h3-4,6,9,13-14H,5,7-8H2,1-2H3,(H,20,22,23)/t13-,14+. The average molecular weight is 414 g/mol. The lowest BCUT2D eigenvalue weighted by Crippen LogP contribution is -2.58. The van der Waals surface area contributed by atoms with Gasteiger partial charge in [-0.3, -0.25) is 4.79 Å². The second-order valence-corrected chi connectivity index (χ2v) is 9.13. The van der Waals surface area contributed by atoms with Crippen molar-refractivity contribution in [2.24, 2.45) is 0 Å². The van der Waals surface area contributed by atoms with Gasteiger partial charge in [-0.2, -0.15) is 0 Å². The van der Waals surface area contributed by atoms with Gasteiger partial charge in [0, 0.05) is 31.1 Å². The number of anilines is 2. The highest BCUT2D eigenvalue weighted by molar-refractivity contribution is 7.16. The first kappa shape index (κ1) is 17.7. The molecule has 0 aliphatic carbocycles. The highest BCUT2D eigenvalue weighted by atomic mass is 32.1. The zero-order valence-electron chi connectivity index (χ0n) is 15.5. The molecule has 1 N–H and O–H groups in total. The van der Waals surface area contributed by atoms with Gasteiger partial charge in [-0.15, -0.1) is 22.7 Å². The molecule has 7 nitrogen and oxygen atoms in total. The molecule has 28 heavy (non-hydrogen) atoms. The molecular weight excluding hydrogens is 394 g/mol. The van der Waals surface area contributed by atoms with Crippen molar-refractivity contribution in [3.8, 4) is 10.6 Å². The van der Waals surface area contributed by atoms with Gasteiger partial charge in [-0.1, -0.05) is 0 Å². The van der Waals surface area contributed by atoms with Crippen LogP contribution in [0.25, 0.3) is 10.6 Å². The van der Waals surface area contributed by atoms with E-state index in [0.717, 1.165) is 32.8 Å². The minimum atomic E-state index is 0.0182. The molecule has 3 aliphatic heterocycles. The maximum atomic E-state index is 12.6. The number of hydrogen-bond donors (Lipinski definition) is 1. The predicted octanol–water partition coefficient (Wildman–Crippen LogP) is 3.64. The summed E-state index contributed by atoms with van der Waals surface area (Å²) in [5.41, 5.74) is 2.52. The van der Waals surface area contributed by atoms with Gasteiger partial charge in [0.2, 0.25) is 0 Å². The van der Waals surface area contributed by atoms with Crippen LogP contribution in [0.5, 0.6) is 0 Å². The van der Waals surface area contributed by atoms with E-state index in [-0.39, 0.29) is 18.1 Å². The molecule has 0 radical (unpaired) electrons. The minimum Gasteiger partial charge on any atom is -0.371 e. The van der Waals surface area contributed by atoms with Crippen LogP contribution in [0.15, 0.2) is 23.7 Å². The zero-order chi connectivity index (χ0) is 19.3. The van der Waals surface area contributed by atoms with E-state index in [1.807, 2.05) is 36.3 Å². The maximum absolute atomic E-state index is 12.6. The van der Waals surface area contributed by atoms with Crippen LogP contribution in [-0.4, -0.2) is 51.1 Å². The molecule has 2 atom stereocenters. The molecule has 0 spiro atoms. The van der Waals surface area contributed by atoms with Crippen molar-refractivity contribution < 1.29 is 9.53 Å². The second kappa shape index (κ2) is 6.91. The zero-order valence-corrected chi connectivity index (χ0v) is 17.1. The van der Waals surface area contributed by atoms with Crippen LogP contribution in [0.2, 0.25) is 0 Å². The Bertz CT molecular complexity index is 1010. The molecule has 6 heterocycles. The summed E-state index contributed by atoms with van der Waals surface area (Å²) in [5, 5.41) is 7.03. The number of aromatic nitrogens is 3. The monoisotopic (exact) mass is 413 g/mol. The van der Waals surface area contributed by atoms with Crippen molar-refractivity contribution in [2.45, 2.75) is 32.5 Å². The number of nitrogens with zero attached hydrogens (tertiary/aromatic N) is 4. The average Bonchev–Trinajstić information content (AvgIpc) is 3.27. The van der Waals surface area contributed by atoms with Crippen molar-refractivity contribution in [2.75, 3.05) is 18.4 Å². The summed E-state index contributed by atoms with van der Waals surface area (Å²) in [7, 11) is 0. The first-order chi connectivity index (χ1) is 13.5. The Balaban J connectivity index is 1.26. The molecule has 1 amide bonds. The Labute approximate surface area is 170 Å². The molecule has 0 unspecified atom stereocenters. The van der Waals surface area contributed by atoms with E-state index in [0.29, 0.717) is 24.5 Å². The van der Waals surface area contributed by atoms with Gasteiger partial charge in [0.05, 0.1) is 39.0 Å². The number of rotatable bonds is 4. The number of aryl methyl sites for hydroxylation is 2. The number of carbonyl (C=O) groups excluding carboxylic acids is 1. The minimum absolute atomic E-state index is 0.0182. The van der Waals surface area contributed by atoms with Crippen LogP contribution in [0, 0.1) is 13.8 Å². The van der Waals surface area contributed by atoms with Crippen LogP contribution in [-0.2, 0) is 4.74 Å². The molecule has 0 saturated carbocycles. The Morgan fingerprint density at radius 3 is 2.68 bits per heavy atom. The van der Waals surface area contributed by atoms with Crippen LogP contribution < -0.4 is 5.32 Å². The molecule has 3 aromatic rings. The van der Waals surface area contributed by atoms with Gasteiger partial charge in [0.15, 0.2) is 5.13 Å². The van der Waals surface area contributed by atoms with Crippen LogP contribution >= 0.6 is 22.7 Å². The van der Waals surface area contributed by atoms with Gasteiger partial charge in [0.25, 0.3) is 5.91 Å². The number of ether oxygens (including phenoxy) is 1. The van der Waals surface area contributed by atoms with E-state index in [2.05, 4.69) is 20.3 Å². The third-order valence-corrected chi connectivity index (χ3v) is 6.78. The number of nitrogens with one attached hydrogen (secondary N) is 1. The number of hydrogen-bond acceptors (Lipinski definition) is 8. The summed E-state index contributed by atoms with van der Waals surface area (Å²) < 4.78 is 5.59. The number of morpholine rings is 1. The maximum Gasteiger partial charge on any atom is 0.255 e. The van der Waals surface area contributed by atoms with E-state index in [4.69, 9.17) is 4.74 Å². The van der Waals surface area contributed by atoms with E-state index in [1.54, 1.807) is 17.5 Å². The highest BCUT2D eigenvalue weighted by Gasteiger charge is 2.40. The lowest BCUT2D eigenvalue weighted by atomic mass is 9.98. The third kappa shape index (κ3) is 3.30. The smallest absolute Gasteiger partial charge is 0.255 e. The predicted molar refractivity (Wildman–Crippen MR) is 109 cm³/mol. The van der Waals surface area contributed by atoms with Crippen molar-refractivity contribution in [3.63, 3.8) is 0 Å². The third-order valence-electron chi connectivity index (χ3n) is 4.93. The largest absolute Gasteiger partial charge is 0.371 e. The normalized spacial score (nSPS) is 20.7. The molecule has 3 fully saturated rings. The summed E-state index contributed by atoms with van der Waals surface area (Å²) >= 11 is 3.17. The lowest BCUT2D eigenvalue weighted by molar-refractivity contribution is -0.171. The number of piperidine rings is 1. The van der Waals surface area contributed by atoms with Gasteiger partial charge in [0.1, 0.15) is 5.82 Å². The second-order valence-electron chi connectivity index (χ2n) is 7.07. The van der Waals surface area contributed by atoms with Crippen LogP contribution in [0.3, 0.4) is 0 Å². The van der Waals surface area contributed by atoms with Crippen molar-refractivity contribution in [1.29, 1.82) is 0 Å². The first-order valence-corrected chi connectivity index (χ1v) is 10.8. The van der Waals surface area contributed by atoms with Gasteiger partial charge >= 0.3 is 0 Å². The van der Waals surface area contributed by atoms with Gasteiger partial charge < -0.3 is 15.0 Å². The van der Waals surface area contributed by atoms with E-state index < -0.39 is 0 Å². The fourth-order valence-corrected chi connectivity index (χ4v) is 5.28. The Morgan fingerprint density at radius 1 is 1.25 bits per heavy atom. The number of carbonyl (C=O) groups is 1. The van der Waals surface area contributed by atoms with Crippen molar-refractivity contribution in [1.82, 2.24) is 19.9 Å². The molecule has 3 aliphatic rings. The Morgan fingerprint density at radius 2 is 2.04 bits per heavy atom. The van der Waals surface area contributed by atoms with E-state index >= 15 is 0 Å². The van der Waals surface area contributed by atoms with E-state index in [1.165, 1.54) is 11.3 Å².